The first-order valence-electron chi connectivity index (χ1n) is 11.9. The second kappa shape index (κ2) is 9.60. The average Bonchev–Trinajstić information content (AvgIpc) is 3.56. The lowest BCUT2D eigenvalue weighted by Gasteiger charge is -2.14. The van der Waals surface area contributed by atoms with Crippen LogP contribution in [0, 0.1) is 17.8 Å². The molecule has 0 aliphatic heterocycles. The highest BCUT2D eigenvalue weighted by molar-refractivity contribution is 6.36. The molecule has 0 aromatic carbocycles. The molecule has 3 aliphatic rings. The van der Waals surface area contributed by atoms with E-state index in [0.29, 0.717) is 18.4 Å². The first-order valence-corrected chi connectivity index (χ1v) is 12.3. The number of nitrogens with one attached hydrogen (secondary N) is 2. The summed E-state index contributed by atoms with van der Waals surface area (Å²) in [5.74, 6) is 2.28. The van der Waals surface area contributed by atoms with Crippen molar-refractivity contribution in [3.63, 3.8) is 0 Å². The van der Waals surface area contributed by atoms with Crippen LogP contribution in [0.5, 0.6) is 0 Å². The van der Waals surface area contributed by atoms with E-state index in [1.54, 1.807) is 0 Å². The maximum absolute atomic E-state index is 12.5. The summed E-state index contributed by atoms with van der Waals surface area (Å²) in [5.41, 5.74) is 3.68. The van der Waals surface area contributed by atoms with Gasteiger partial charge in [-0.15, -0.1) is 0 Å². The summed E-state index contributed by atoms with van der Waals surface area (Å²) >= 11 is 6.50. The monoisotopic (exact) mass is 461 g/mol. The summed E-state index contributed by atoms with van der Waals surface area (Å²) in [6.07, 6.45) is 19.4. The van der Waals surface area contributed by atoms with Crippen LogP contribution in [0.2, 0.25) is 0 Å². The van der Waals surface area contributed by atoms with Crippen LogP contribution in [0.25, 0.3) is 11.2 Å². The number of hydrogen-bond acceptors (Lipinski definition) is 4. The van der Waals surface area contributed by atoms with E-state index in [1.807, 2.05) is 24.6 Å². The van der Waals surface area contributed by atoms with Gasteiger partial charge in [0.2, 0.25) is 5.91 Å². The zero-order valence-corrected chi connectivity index (χ0v) is 19.7. The van der Waals surface area contributed by atoms with Gasteiger partial charge in [0.15, 0.2) is 5.65 Å². The third-order valence-electron chi connectivity index (χ3n) is 6.73. The van der Waals surface area contributed by atoms with Crippen molar-refractivity contribution in [2.75, 3.05) is 18.4 Å². The largest absolute Gasteiger partial charge is 0.370 e. The fourth-order valence-electron chi connectivity index (χ4n) is 4.75. The van der Waals surface area contributed by atoms with Gasteiger partial charge in [0.1, 0.15) is 13.7 Å². The van der Waals surface area contributed by atoms with Gasteiger partial charge in [-0.05, 0) is 49.4 Å². The SMILES string of the molecule is Bc1cnn2c(NCCCNC(=O)[C@@H]3CC3[C@@H]3C=CC=CC3)cc(C3=C(Cl)CCC=C3)nc12. The molecule has 1 fully saturated rings. The lowest BCUT2D eigenvalue weighted by atomic mass is 9.94. The van der Waals surface area contributed by atoms with Crippen molar-refractivity contribution in [2.45, 2.75) is 32.1 Å². The smallest absolute Gasteiger partial charge is 0.223 e. The van der Waals surface area contributed by atoms with Gasteiger partial charge in [0.25, 0.3) is 0 Å². The third-order valence-corrected chi connectivity index (χ3v) is 7.12. The molecule has 170 valence electrons. The predicted molar refractivity (Wildman–Crippen MR) is 136 cm³/mol. The van der Waals surface area contributed by atoms with Gasteiger partial charge >= 0.3 is 0 Å². The molecule has 0 radical (unpaired) electrons. The third kappa shape index (κ3) is 4.79. The average molecular weight is 462 g/mol. The van der Waals surface area contributed by atoms with Crippen molar-refractivity contribution in [3.8, 4) is 0 Å². The highest BCUT2D eigenvalue weighted by Gasteiger charge is 2.46. The van der Waals surface area contributed by atoms with Crippen LogP contribution >= 0.6 is 11.6 Å². The van der Waals surface area contributed by atoms with Crippen molar-refractivity contribution in [3.05, 3.63) is 59.4 Å². The second-order valence-electron chi connectivity index (χ2n) is 9.14. The molecule has 3 aliphatic carbocycles. The van der Waals surface area contributed by atoms with Crippen LogP contribution in [0.4, 0.5) is 5.82 Å². The lowest BCUT2D eigenvalue weighted by molar-refractivity contribution is -0.122. The number of allylic oxidation sites excluding steroid dienone is 8. The Kier molecular flexibility index (Phi) is 6.40. The number of rotatable bonds is 8. The van der Waals surface area contributed by atoms with Gasteiger partial charge in [-0.1, -0.05) is 48.1 Å². The van der Waals surface area contributed by atoms with Gasteiger partial charge in [-0.3, -0.25) is 4.79 Å². The molecule has 6 nitrogen and oxygen atoms in total. The Bertz CT molecular complexity index is 1180. The van der Waals surface area contributed by atoms with Crippen LogP contribution < -0.4 is 16.1 Å². The number of fused-ring (bicyclic) bond motifs is 1. The fraction of sp³-hybridized carbons (Fsp3) is 0.400. The molecule has 33 heavy (non-hydrogen) atoms. The minimum absolute atomic E-state index is 0.176. The topological polar surface area (TPSA) is 71.3 Å². The van der Waals surface area contributed by atoms with Gasteiger partial charge < -0.3 is 10.6 Å². The van der Waals surface area contributed by atoms with E-state index >= 15 is 0 Å². The number of hydrogen-bond donors (Lipinski definition) is 2. The molecular formula is C25H29BClN5O. The molecule has 8 heteroatoms. The first-order chi connectivity index (χ1) is 16.1. The summed E-state index contributed by atoms with van der Waals surface area (Å²) in [5, 5.41) is 11.9. The summed E-state index contributed by atoms with van der Waals surface area (Å²) in [7, 11) is 2.01. The normalized spacial score (nSPS) is 23.8. The van der Waals surface area contributed by atoms with Crippen LogP contribution in [0.3, 0.4) is 0 Å². The van der Waals surface area contributed by atoms with Gasteiger partial charge in [0, 0.05) is 41.9 Å². The number of amides is 1. The molecule has 2 N–H and O–H groups in total. The molecular weight excluding hydrogens is 433 g/mol. The van der Waals surface area contributed by atoms with Crippen LogP contribution in [0.1, 0.15) is 37.8 Å². The number of carbonyl (C=O) groups is 1. The quantitative estimate of drug-likeness (QED) is 0.468. The van der Waals surface area contributed by atoms with Crippen molar-refractivity contribution in [2.24, 2.45) is 17.8 Å². The number of anilines is 1. The van der Waals surface area contributed by atoms with Gasteiger partial charge in [0.05, 0.1) is 5.69 Å². The molecule has 1 unspecified atom stereocenters. The molecule has 2 aromatic rings. The molecule has 2 heterocycles. The summed E-state index contributed by atoms with van der Waals surface area (Å²) in [6.45, 7) is 1.39. The maximum atomic E-state index is 12.5. The van der Waals surface area contributed by atoms with E-state index in [9.17, 15) is 4.79 Å². The molecule has 3 atom stereocenters. The van der Waals surface area contributed by atoms with E-state index in [2.05, 4.69) is 52.2 Å². The van der Waals surface area contributed by atoms with Crippen LogP contribution in [-0.2, 0) is 4.79 Å². The lowest BCUT2D eigenvalue weighted by Crippen LogP contribution is -2.28. The van der Waals surface area contributed by atoms with Gasteiger partial charge in [-0.2, -0.15) is 9.61 Å². The summed E-state index contributed by atoms with van der Waals surface area (Å²) < 4.78 is 1.83. The summed E-state index contributed by atoms with van der Waals surface area (Å²) in [6, 6.07) is 2.01. The minimum atomic E-state index is 0.176. The zero-order chi connectivity index (χ0) is 22.8. The predicted octanol–water partition coefficient (Wildman–Crippen LogP) is 2.97. The van der Waals surface area contributed by atoms with E-state index in [0.717, 1.165) is 71.9 Å². The van der Waals surface area contributed by atoms with E-state index in [1.165, 1.54) is 0 Å². The Labute approximate surface area is 200 Å². The molecule has 1 amide bonds. The highest BCUT2D eigenvalue weighted by atomic mass is 35.5. The Morgan fingerprint density at radius 2 is 2.18 bits per heavy atom. The van der Waals surface area contributed by atoms with Crippen molar-refractivity contribution in [1.29, 1.82) is 0 Å². The molecule has 5 rings (SSSR count). The standard InChI is InChI=1S/C25H29BClN5O/c26-20-15-30-32-23(14-22(31-24(20)32)17-9-4-5-10-21(17)27)28-11-6-12-29-25(33)19-13-18(19)16-7-2-1-3-8-16/h1-4,7,9,14-16,18-19,28H,5-6,8,10-13,26H2,(H,29,33)/t16-,18?,19-/m1/s1. The van der Waals surface area contributed by atoms with Crippen molar-refractivity contribution < 1.29 is 4.79 Å². The second-order valence-corrected chi connectivity index (χ2v) is 9.60. The zero-order valence-electron chi connectivity index (χ0n) is 18.9. The van der Waals surface area contributed by atoms with Crippen molar-refractivity contribution >= 4 is 47.9 Å². The Hall–Kier alpha value is -2.80. The van der Waals surface area contributed by atoms with Gasteiger partial charge in [-0.25, -0.2) is 4.98 Å². The highest BCUT2D eigenvalue weighted by Crippen LogP contribution is 2.47. The number of nitrogens with zero attached hydrogens (tertiary/aromatic N) is 3. The molecule has 0 spiro atoms. The van der Waals surface area contributed by atoms with E-state index < -0.39 is 0 Å². The number of halogens is 1. The Morgan fingerprint density at radius 1 is 1.27 bits per heavy atom. The summed E-state index contributed by atoms with van der Waals surface area (Å²) in [4.78, 5) is 17.3. The Morgan fingerprint density at radius 3 is 3.00 bits per heavy atom. The van der Waals surface area contributed by atoms with Crippen LogP contribution in [0.15, 0.2) is 53.8 Å². The van der Waals surface area contributed by atoms with Crippen LogP contribution in [-0.4, -0.2) is 41.4 Å². The first kappa shape index (κ1) is 22.0. The molecule has 0 saturated heterocycles. The number of aromatic nitrogens is 3. The fourth-order valence-corrected chi connectivity index (χ4v) is 5.02. The molecule has 2 aromatic heterocycles. The van der Waals surface area contributed by atoms with E-state index in [-0.39, 0.29) is 11.8 Å². The van der Waals surface area contributed by atoms with Crippen molar-refractivity contribution in [1.82, 2.24) is 19.9 Å². The number of carbonyl (C=O) groups excluding carboxylic acids is 1. The van der Waals surface area contributed by atoms with E-state index in [4.69, 9.17) is 16.6 Å². The maximum Gasteiger partial charge on any atom is 0.223 e. The molecule has 0 bridgehead atoms. The Balaban J connectivity index is 1.16. The minimum Gasteiger partial charge on any atom is -0.370 e. The molecule has 1 saturated carbocycles.